The minimum atomic E-state index is -0.347. The van der Waals surface area contributed by atoms with Crippen LogP contribution in [0.3, 0.4) is 0 Å². The third-order valence-corrected chi connectivity index (χ3v) is 4.42. The van der Waals surface area contributed by atoms with Gasteiger partial charge in [-0.25, -0.2) is 0 Å². The van der Waals surface area contributed by atoms with E-state index in [0.29, 0.717) is 6.61 Å². The van der Waals surface area contributed by atoms with Crippen LogP contribution in [0.4, 0.5) is 0 Å². The van der Waals surface area contributed by atoms with Gasteiger partial charge in [0.05, 0.1) is 24.5 Å². The summed E-state index contributed by atoms with van der Waals surface area (Å²) >= 11 is 0. The molecule has 0 N–H and O–H groups in total. The van der Waals surface area contributed by atoms with Gasteiger partial charge in [-0.05, 0) is 25.0 Å². The van der Waals surface area contributed by atoms with Crippen molar-refractivity contribution in [2.24, 2.45) is 0 Å². The molecule has 3 heteroatoms. The predicted octanol–water partition coefficient (Wildman–Crippen LogP) is 3.85. The normalized spacial score (nSPS) is 25.3. The van der Waals surface area contributed by atoms with Gasteiger partial charge in [0.2, 0.25) is 0 Å². The predicted molar refractivity (Wildman–Crippen MR) is 80.6 cm³/mol. The highest BCUT2D eigenvalue weighted by atomic mass is 16.5. The lowest BCUT2D eigenvalue weighted by Gasteiger charge is -2.46. The molecule has 1 fully saturated rings. The zero-order valence-corrected chi connectivity index (χ0v) is 12.6. The molecular weight excluding hydrogens is 250 g/mol. The molecule has 0 aromatic carbocycles. The maximum absolute atomic E-state index is 6.20. The maximum Gasteiger partial charge on any atom is 0.115 e. The van der Waals surface area contributed by atoms with E-state index in [2.05, 4.69) is 31.5 Å². The SMILES string of the molecule is C=CCOC1(c2ccccn2)CCOC(CC)(CC)C1. The lowest BCUT2D eigenvalue weighted by Crippen LogP contribution is -2.48. The molecule has 2 rings (SSSR count). The molecule has 110 valence electrons. The van der Waals surface area contributed by atoms with Crippen molar-refractivity contribution in [3.05, 3.63) is 42.7 Å². The van der Waals surface area contributed by atoms with Crippen LogP contribution in [0.15, 0.2) is 37.1 Å². The first-order valence-corrected chi connectivity index (χ1v) is 7.50. The Morgan fingerprint density at radius 1 is 1.40 bits per heavy atom. The number of pyridine rings is 1. The molecule has 20 heavy (non-hydrogen) atoms. The Kier molecular flexibility index (Phi) is 4.95. The summed E-state index contributed by atoms with van der Waals surface area (Å²) in [7, 11) is 0. The van der Waals surface area contributed by atoms with Gasteiger partial charge in [0.15, 0.2) is 0 Å². The molecule has 1 aromatic heterocycles. The van der Waals surface area contributed by atoms with Crippen LogP contribution in [0.2, 0.25) is 0 Å². The molecule has 0 spiro atoms. The van der Waals surface area contributed by atoms with Crippen molar-refractivity contribution >= 4 is 0 Å². The largest absolute Gasteiger partial charge is 0.375 e. The number of aromatic nitrogens is 1. The van der Waals surface area contributed by atoms with Gasteiger partial charge >= 0.3 is 0 Å². The summed E-state index contributed by atoms with van der Waals surface area (Å²) in [4.78, 5) is 4.55. The smallest absolute Gasteiger partial charge is 0.115 e. The van der Waals surface area contributed by atoms with Crippen molar-refractivity contribution in [1.29, 1.82) is 0 Å². The van der Waals surface area contributed by atoms with Crippen molar-refractivity contribution in [3.8, 4) is 0 Å². The molecule has 0 aliphatic carbocycles. The van der Waals surface area contributed by atoms with Gasteiger partial charge in [0.1, 0.15) is 5.60 Å². The van der Waals surface area contributed by atoms with Crippen LogP contribution in [-0.2, 0) is 15.1 Å². The van der Waals surface area contributed by atoms with Crippen molar-refractivity contribution in [2.75, 3.05) is 13.2 Å². The molecule has 1 unspecified atom stereocenters. The van der Waals surface area contributed by atoms with Crippen molar-refractivity contribution < 1.29 is 9.47 Å². The first-order valence-electron chi connectivity index (χ1n) is 7.50. The van der Waals surface area contributed by atoms with Gasteiger partial charge in [-0.15, -0.1) is 6.58 Å². The molecular formula is C17H25NO2. The molecule has 0 radical (unpaired) electrons. The van der Waals surface area contributed by atoms with Crippen LogP contribution in [0.1, 0.15) is 45.2 Å². The topological polar surface area (TPSA) is 31.4 Å². The average molecular weight is 275 g/mol. The quantitative estimate of drug-likeness (QED) is 0.739. The molecule has 1 atom stereocenters. The second-order valence-electron chi connectivity index (χ2n) is 5.47. The number of nitrogens with zero attached hydrogens (tertiary/aromatic N) is 1. The van der Waals surface area contributed by atoms with Gasteiger partial charge in [-0.3, -0.25) is 4.98 Å². The Balaban J connectivity index is 2.34. The fourth-order valence-corrected chi connectivity index (χ4v) is 3.06. The molecule has 0 amide bonds. The first-order chi connectivity index (χ1) is 9.70. The van der Waals surface area contributed by atoms with E-state index >= 15 is 0 Å². The standard InChI is InChI=1S/C17H25NO2/c1-4-12-20-17(15-9-7-8-11-18-15)10-13-19-16(5-2,6-3)14-17/h4,7-9,11H,1,5-6,10,12-14H2,2-3H3. The van der Waals surface area contributed by atoms with Crippen molar-refractivity contribution in [3.63, 3.8) is 0 Å². The van der Waals surface area contributed by atoms with Crippen LogP contribution in [0, 0.1) is 0 Å². The molecule has 2 heterocycles. The third-order valence-electron chi connectivity index (χ3n) is 4.42. The van der Waals surface area contributed by atoms with Gasteiger partial charge in [-0.2, -0.15) is 0 Å². The monoisotopic (exact) mass is 275 g/mol. The zero-order valence-electron chi connectivity index (χ0n) is 12.6. The van der Waals surface area contributed by atoms with E-state index in [-0.39, 0.29) is 11.2 Å². The van der Waals surface area contributed by atoms with Crippen LogP contribution >= 0.6 is 0 Å². The molecule has 0 saturated carbocycles. The van der Waals surface area contributed by atoms with Gasteiger partial charge < -0.3 is 9.47 Å². The van der Waals surface area contributed by atoms with E-state index < -0.39 is 0 Å². The van der Waals surface area contributed by atoms with Crippen LogP contribution < -0.4 is 0 Å². The second-order valence-corrected chi connectivity index (χ2v) is 5.47. The molecule has 1 aliphatic rings. The summed E-state index contributed by atoms with van der Waals surface area (Å²) in [6.45, 7) is 9.40. The van der Waals surface area contributed by atoms with Gasteiger partial charge in [0, 0.05) is 19.0 Å². The van der Waals surface area contributed by atoms with E-state index in [1.807, 2.05) is 18.3 Å². The summed E-state index contributed by atoms with van der Waals surface area (Å²) < 4.78 is 12.3. The lowest BCUT2D eigenvalue weighted by molar-refractivity contribution is -0.187. The fourth-order valence-electron chi connectivity index (χ4n) is 3.06. The summed E-state index contributed by atoms with van der Waals surface area (Å²) in [5.41, 5.74) is 0.563. The third kappa shape index (κ3) is 2.94. The van der Waals surface area contributed by atoms with Crippen molar-refractivity contribution in [1.82, 2.24) is 4.98 Å². The minimum Gasteiger partial charge on any atom is -0.375 e. The Hall–Kier alpha value is -1.19. The molecule has 3 nitrogen and oxygen atoms in total. The van der Waals surface area contributed by atoms with E-state index in [9.17, 15) is 0 Å². The van der Waals surface area contributed by atoms with E-state index in [1.165, 1.54) is 0 Å². The summed E-state index contributed by atoms with van der Waals surface area (Å²) in [5.74, 6) is 0. The van der Waals surface area contributed by atoms with E-state index in [0.717, 1.165) is 38.0 Å². The summed E-state index contributed by atoms with van der Waals surface area (Å²) in [6, 6.07) is 6.03. The van der Waals surface area contributed by atoms with Crippen LogP contribution in [0.5, 0.6) is 0 Å². The van der Waals surface area contributed by atoms with Gasteiger partial charge in [-0.1, -0.05) is 26.0 Å². The number of hydrogen-bond acceptors (Lipinski definition) is 3. The van der Waals surface area contributed by atoms with E-state index in [1.54, 1.807) is 6.08 Å². The summed E-state index contributed by atoms with van der Waals surface area (Å²) in [6.07, 6.45) is 7.34. The van der Waals surface area contributed by atoms with E-state index in [4.69, 9.17) is 9.47 Å². The molecule has 1 aromatic rings. The number of ether oxygens (including phenoxy) is 2. The summed E-state index contributed by atoms with van der Waals surface area (Å²) in [5, 5.41) is 0. The number of hydrogen-bond donors (Lipinski definition) is 0. The Labute approximate surface area is 122 Å². The fraction of sp³-hybridized carbons (Fsp3) is 0.588. The maximum atomic E-state index is 6.20. The second kappa shape index (κ2) is 6.51. The van der Waals surface area contributed by atoms with Gasteiger partial charge in [0.25, 0.3) is 0 Å². The molecule has 1 saturated heterocycles. The van der Waals surface area contributed by atoms with Crippen LogP contribution in [0.25, 0.3) is 0 Å². The molecule has 0 bridgehead atoms. The van der Waals surface area contributed by atoms with Crippen molar-refractivity contribution in [2.45, 2.75) is 50.7 Å². The zero-order chi connectivity index (χ0) is 14.5. The highest BCUT2D eigenvalue weighted by Crippen LogP contribution is 2.44. The minimum absolute atomic E-state index is 0.100. The Morgan fingerprint density at radius 3 is 2.80 bits per heavy atom. The van der Waals surface area contributed by atoms with Crippen LogP contribution in [-0.4, -0.2) is 23.8 Å². The average Bonchev–Trinajstić information content (AvgIpc) is 2.54. The lowest BCUT2D eigenvalue weighted by atomic mass is 9.77. The molecule has 1 aliphatic heterocycles. The number of rotatable bonds is 6. The Morgan fingerprint density at radius 2 is 2.20 bits per heavy atom. The Bertz CT molecular complexity index is 428. The first kappa shape index (κ1) is 15.2. The highest BCUT2D eigenvalue weighted by molar-refractivity contribution is 5.16. The highest BCUT2D eigenvalue weighted by Gasteiger charge is 2.46.